The highest BCUT2D eigenvalue weighted by Crippen LogP contribution is 2.34. The number of hydrogen-bond acceptors (Lipinski definition) is 4. The van der Waals surface area contributed by atoms with Gasteiger partial charge in [0.15, 0.2) is 5.11 Å². The van der Waals surface area contributed by atoms with E-state index in [0.717, 1.165) is 63.4 Å². The maximum absolute atomic E-state index is 12.0. The zero-order valence-corrected chi connectivity index (χ0v) is 17.3. The van der Waals surface area contributed by atoms with Gasteiger partial charge in [0.25, 0.3) is 0 Å². The first kappa shape index (κ1) is 20.9. The topological polar surface area (TPSA) is 47.6 Å². The van der Waals surface area contributed by atoms with Gasteiger partial charge in [-0.3, -0.25) is 4.79 Å². The number of carbonyl (C=O) groups is 1. The third-order valence-electron chi connectivity index (χ3n) is 4.63. The fourth-order valence-corrected chi connectivity index (χ4v) is 3.62. The molecule has 1 heterocycles. The van der Waals surface area contributed by atoms with Crippen LogP contribution in [0.2, 0.25) is 5.02 Å². The molecule has 1 fully saturated rings. The highest BCUT2D eigenvalue weighted by atomic mass is 35.5. The number of benzene rings is 1. The molecule has 2 N–H and O–H groups in total. The molecule has 0 radical (unpaired) electrons. The molecule has 0 bridgehead atoms. The van der Waals surface area contributed by atoms with E-state index in [1.165, 1.54) is 0 Å². The van der Waals surface area contributed by atoms with E-state index in [4.69, 9.17) is 23.8 Å². The summed E-state index contributed by atoms with van der Waals surface area (Å²) in [5.41, 5.74) is 1.79. The Morgan fingerprint density at radius 3 is 2.58 bits per heavy atom. The third-order valence-corrected chi connectivity index (χ3v) is 5.14. The summed E-state index contributed by atoms with van der Waals surface area (Å²) < 4.78 is 0. The van der Waals surface area contributed by atoms with Crippen molar-refractivity contribution >= 4 is 46.2 Å². The average molecular weight is 397 g/mol. The number of thiocarbonyl (C=S) groups is 1. The van der Waals surface area contributed by atoms with E-state index in [0.29, 0.717) is 16.6 Å². The second-order valence-electron chi connectivity index (χ2n) is 6.52. The lowest BCUT2D eigenvalue weighted by atomic mass is 10.2. The normalized spacial score (nSPS) is 15.0. The van der Waals surface area contributed by atoms with Gasteiger partial charge in [-0.1, -0.05) is 44.4 Å². The highest BCUT2D eigenvalue weighted by Gasteiger charge is 2.21. The highest BCUT2D eigenvalue weighted by molar-refractivity contribution is 7.80. The van der Waals surface area contributed by atoms with Gasteiger partial charge < -0.3 is 20.4 Å². The van der Waals surface area contributed by atoms with Gasteiger partial charge in [-0.15, -0.1) is 0 Å². The Kier molecular flexibility index (Phi) is 8.62. The molecule has 1 amide bonds. The number of nitrogens with zero attached hydrogens (tertiary/aromatic N) is 2. The lowest BCUT2D eigenvalue weighted by molar-refractivity contribution is -0.119. The first-order valence-corrected chi connectivity index (χ1v) is 10.2. The predicted molar refractivity (Wildman–Crippen MR) is 114 cm³/mol. The Morgan fingerprint density at radius 2 is 1.92 bits per heavy atom. The summed E-state index contributed by atoms with van der Waals surface area (Å²) in [7, 11) is 0. The summed E-state index contributed by atoms with van der Waals surface area (Å²) in [6.45, 7) is 9.23. The number of carbonyl (C=O) groups excluding carboxylic acids is 1. The van der Waals surface area contributed by atoms with Crippen molar-refractivity contribution in [3.63, 3.8) is 0 Å². The molecule has 1 aromatic rings. The number of nitrogens with one attached hydrogen (secondary N) is 2. The minimum absolute atomic E-state index is 0.0453. The molecule has 0 aliphatic carbocycles. The van der Waals surface area contributed by atoms with Crippen LogP contribution in [-0.2, 0) is 4.79 Å². The monoisotopic (exact) mass is 396 g/mol. The van der Waals surface area contributed by atoms with Crippen molar-refractivity contribution in [1.82, 2.24) is 10.2 Å². The van der Waals surface area contributed by atoms with Crippen LogP contribution in [0.3, 0.4) is 0 Å². The summed E-state index contributed by atoms with van der Waals surface area (Å²) in [5, 5.41) is 6.93. The Morgan fingerprint density at radius 1 is 1.19 bits per heavy atom. The molecule has 0 unspecified atom stereocenters. The standard InChI is InChI=1S/C19H29ClN4OS/c1-3-5-6-10-17(25)22-19(26)21-16-9-7-8-15(20)18(16)24-13-11-23(4-2)12-14-24/h7-9H,3-6,10-14H2,1-2H3,(H2,21,22,25,26). The van der Waals surface area contributed by atoms with Gasteiger partial charge in [-0.2, -0.15) is 0 Å². The number of anilines is 2. The van der Waals surface area contributed by atoms with Crippen LogP contribution in [0, 0.1) is 0 Å². The summed E-state index contributed by atoms with van der Waals surface area (Å²) in [6.07, 6.45) is 3.52. The molecule has 1 aliphatic heterocycles. The van der Waals surface area contributed by atoms with Crippen LogP contribution in [0.5, 0.6) is 0 Å². The second-order valence-corrected chi connectivity index (χ2v) is 7.33. The van der Waals surface area contributed by atoms with Crippen molar-refractivity contribution in [2.45, 2.75) is 39.5 Å². The summed E-state index contributed by atoms with van der Waals surface area (Å²) in [6, 6.07) is 5.73. The fourth-order valence-electron chi connectivity index (χ4n) is 3.10. The molecule has 0 spiro atoms. The Bertz CT molecular complexity index is 618. The molecule has 144 valence electrons. The molecule has 0 aromatic heterocycles. The van der Waals surface area contributed by atoms with E-state index < -0.39 is 0 Å². The van der Waals surface area contributed by atoms with Crippen LogP contribution < -0.4 is 15.5 Å². The van der Waals surface area contributed by atoms with Gasteiger partial charge in [0.2, 0.25) is 5.91 Å². The number of piperazine rings is 1. The van der Waals surface area contributed by atoms with Crippen molar-refractivity contribution in [1.29, 1.82) is 0 Å². The van der Waals surface area contributed by atoms with E-state index in [2.05, 4.69) is 34.3 Å². The molecule has 5 nitrogen and oxygen atoms in total. The summed E-state index contributed by atoms with van der Waals surface area (Å²) in [5.74, 6) is -0.0453. The van der Waals surface area contributed by atoms with Gasteiger partial charge in [0.1, 0.15) is 0 Å². The second kappa shape index (κ2) is 10.7. The average Bonchev–Trinajstić information content (AvgIpc) is 2.62. The number of para-hydroxylation sites is 1. The summed E-state index contributed by atoms with van der Waals surface area (Å²) in [4.78, 5) is 16.7. The minimum Gasteiger partial charge on any atom is -0.366 e. The third kappa shape index (κ3) is 6.11. The van der Waals surface area contributed by atoms with E-state index >= 15 is 0 Å². The number of hydrogen-bond donors (Lipinski definition) is 2. The molecular formula is C19H29ClN4OS. The van der Waals surface area contributed by atoms with Crippen molar-refractivity contribution in [3.8, 4) is 0 Å². The number of amides is 1. The lowest BCUT2D eigenvalue weighted by Crippen LogP contribution is -2.46. The van der Waals surface area contributed by atoms with Gasteiger partial charge in [0, 0.05) is 32.6 Å². The first-order valence-electron chi connectivity index (χ1n) is 9.41. The lowest BCUT2D eigenvalue weighted by Gasteiger charge is -2.37. The maximum atomic E-state index is 12.0. The SMILES string of the molecule is CCCCCC(=O)NC(=S)Nc1cccc(Cl)c1N1CCN(CC)CC1. The van der Waals surface area contributed by atoms with Gasteiger partial charge >= 0.3 is 0 Å². The van der Waals surface area contributed by atoms with Crippen LogP contribution in [0.4, 0.5) is 11.4 Å². The molecule has 7 heteroatoms. The number of rotatable bonds is 7. The largest absolute Gasteiger partial charge is 0.366 e. The van der Waals surface area contributed by atoms with E-state index in [1.807, 2.05) is 18.2 Å². The Labute approximate surface area is 167 Å². The van der Waals surface area contributed by atoms with E-state index in [1.54, 1.807) is 0 Å². The van der Waals surface area contributed by atoms with E-state index in [-0.39, 0.29) is 5.91 Å². The van der Waals surface area contributed by atoms with Crippen molar-refractivity contribution in [2.75, 3.05) is 42.9 Å². The molecule has 1 aromatic carbocycles. The van der Waals surface area contributed by atoms with Gasteiger partial charge in [-0.05, 0) is 37.3 Å². The molecule has 0 atom stereocenters. The van der Waals surface area contributed by atoms with E-state index in [9.17, 15) is 4.79 Å². The van der Waals surface area contributed by atoms with Crippen LogP contribution in [0.15, 0.2) is 18.2 Å². The van der Waals surface area contributed by atoms with Crippen LogP contribution >= 0.6 is 23.8 Å². The van der Waals surface area contributed by atoms with Gasteiger partial charge in [0.05, 0.1) is 16.4 Å². The molecule has 2 rings (SSSR count). The predicted octanol–water partition coefficient (Wildman–Crippen LogP) is 3.88. The number of unbranched alkanes of at least 4 members (excludes halogenated alkanes) is 2. The first-order chi connectivity index (χ1) is 12.5. The van der Waals surface area contributed by atoms with Crippen LogP contribution in [0.1, 0.15) is 39.5 Å². The number of halogens is 1. The smallest absolute Gasteiger partial charge is 0.226 e. The zero-order valence-electron chi connectivity index (χ0n) is 15.7. The van der Waals surface area contributed by atoms with Crippen LogP contribution in [0.25, 0.3) is 0 Å². The summed E-state index contributed by atoms with van der Waals surface area (Å²) >= 11 is 11.8. The Balaban J connectivity index is 2.00. The van der Waals surface area contributed by atoms with Crippen molar-refractivity contribution in [2.24, 2.45) is 0 Å². The molecule has 1 aliphatic rings. The molecule has 1 saturated heterocycles. The van der Waals surface area contributed by atoms with Gasteiger partial charge in [-0.25, -0.2) is 0 Å². The molecule has 0 saturated carbocycles. The quantitative estimate of drug-likeness (QED) is 0.541. The maximum Gasteiger partial charge on any atom is 0.226 e. The zero-order chi connectivity index (χ0) is 18.9. The van der Waals surface area contributed by atoms with Crippen molar-refractivity contribution in [3.05, 3.63) is 23.2 Å². The number of likely N-dealkylation sites (N-methyl/N-ethyl adjacent to an activating group) is 1. The fraction of sp³-hybridized carbons (Fsp3) is 0.579. The van der Waals surface area contributed by atoms with Crippen molar-refractivity contribution < 1.29 is 4.79 Å². The molecular weight excluding hydrogens is 368 g/mol. The molecule has 26 heavy (non-hydrogen) atoms. The Hall–Kier alpha value is -1.37. The minimum atomic E-state index is -0.0453. The van der Waals surface area contributed by atoms with Crippen LogP contribution in [-0.4, -0.2) is 48.6 Å².